The van der Waals surface area contributed by atoms with Crippen LogP contribution in [-0.2, 0) is 4.84 Å². The predicted molar refractivity (Wildman–Crippen MR) is 65.0 cm³/mol. The van der Waals surface area contributed by atoms with Crippen molar-refractivity contribution in [2.75, 3.05) is 5.06 Å². The summed E-state index contributed by atoms with van der Waals surface area (Å²) < 4.78 is 0. The fraction of sp³-hybridized carbons (Fsp3) is 0.462. The summed E-state index contributed by atoms with van der Waals surface area (Å²) in [5, 5.41) is 10.7. The summed E-state index contributed by atoms with van der Waals surface area (Å²) in [4.78, 5) is 5.72. The van der Waals surface area contributed by atoms with Crippen LogP contribution < -0.4 is 5.06 Å². The van der Waals surface area contributed by atoms with Gasteiger partial charge in [0.2, 0.25) is 0 Å². The van der Waals surface area contributed by atoms with Gasteiger partial charge in [-0.2, -0.15) is 5.26 Å². The molecule has 0 aliphatic rings. The van der Waals surface area contributed by atoms with E-state index in [2.05, 4.69) is 19.9 Å². The molecule has 1 aromatic carbocycles. The maximum absolute atomic E-state index is 8.85. The van der Waals surface area contributed by atoms with Crippen LogP contribution in [0.4, 0.5) is 5.69 Å². The third-order valence-electron chi connectivity index (χ3n) is 2.02. The molecule has 0 fully saturated rings. The maximum atomic E-state index is 8.85. The van der Waals surface area contributed by atoms with E-state index in [1.54, 1.807) is 6.07 Å². The monoisotopic (exact) mass is 218 g/mol. The van der Waals surface area contributed by atoms with Crippen LogP contribution in [0.15, 0.2) is 24.3 Å². The lowest BCUT2D eigenvalue weighted by molar-refractivity contribution is 0.0437. The van der Waals surface area contributed by atoms with Gasteiger partial charge in [-0.3, -0.25) is 9.90 Å². The summed E-state index contributed by atoms with van der Waals surface area (Å²) in [6, 6.07) is 9.81. The van der Waals surface area contributed by atoms with Crippen LogP contribution in [0.5, 0.6) is 0 Å². The molecule has 0 saturated carbocycles. The quantitative estimate of drug-likeness (QED) is 0.728. The van der Waals surface area contributed by atoms with Gasteiger partial charge in [-0.05, 0) is 45.9 Å². The summed E-state index contributed by atoms with van der Waals surface area (Å²) in [6.45, 7) is 8.09. The van der Waals surface area contributed by atoms with Gasteiger partial charge < -0.3 is 0 Å². The lowest BCUT2D eigenvalue weighted by Gasteiger charge is -2.29. The SMILES string of the molecule is CC(C)ON(c1cccc(C#N)c1)C(C)C. The smallest absolute Gasteiger partial charge is 0.0992 e. The zero-order valence-corrected chi connectivity index (χ0v) is 10.3. The molecule has 0 aliphatic heterocycles. The number of nitrogens with zero attached hydrogens (tertiary/aromatic N) is 2. The van der Waals surface area contributed by atoms with Crippen molar-refractivity contribution in [1.29, 1.82) is 5.26 Å². The van der Waals surface area contributed by atoms with Crippen LogP contribution in [0.2, 0.25) is 0 Å². The third kappa shape index (κ3) is 3.25. The second-order valence-corrected chi connectivity index (χ2v) is 4.24. The number of hydrogen-bond acceptors (Lipinski definition) is 3. The van der Waals surface area contributed by atoms with Gasteiger partial charge in [0, 0.05) is 0 Å². The number of hydroxylamine groups is 1. The topological polar surface area (TPSA) is 36.3 Å². The van der Waals surface area contributed by atoms with Gasteiger partial charge in [0.15, 0.2) is 0 Å². The largest absolute Gasteiger partial charge is 0.271 e. The number of anilines is 1. The van der Waals surface area contributed by atoms with Crippen molar-refractivity contribution in [3.05, 3.63) is 29.8 Å². The van der Waals surface area contributed by atoms with Gasteiger partial charge >= 0.3 is 0 Å². The molecule has 86 valence electrons. The molecule has 0 spiro atoms. The van der Waals surface area contributed by atoms with E-state index in [4.69, 9.17) is 10.1 Å². The molecule has 0 saturated heterocycles. The minimum atomic E-state index is 0.119. The van der Waals surface area contributed by atoms with Crippen molar-refractivity contribution in [3.63, 3.8) is 0 Å². The number of hydrogen-bond donors (Lipinski definition) is 0. The number of rotatable bonds is 4. The first kappa shape index (κ1) is 12.5. The Labute approximate surface area is 97.2 Å². The minimum Gasteiger partial charge on any atom is -0.271 e. The van der Waals surface area contributed by atoms with Gasteiger partial charge in [-0.15, -0.1) is 0 Å². The highest BCUT2D eigenvalue weighted by molar-refractivity contribution is 5.50. The molecule has 1 rings (SSSR count). The van der Waals surface area contributed by atoms with Crippen molar-refractivity contribution < 1.29 is 4.84 Å². The van der Waals surface area contributed by atoms with Crippen molar-refractivity contribution in [2.24, 2.45) is 0 Å². The first-order chi connectivity index (χ1) is 7.54. The van der Waals surface area contributed by atoms with E-state index in [0.717, 1.165) is 5.69 Å². The molecule has 0 heterocycles. The van der Waals surface area contributed by atoms with Gasteiger partial charge in [0.25, 0.3) is 0 Å². The van der Waals surface area contributed by atoms with Gasteiger partial charge in [0.1, 0.15) is 0 Å². The molecule has 0 aromatic heterocycles. The van der Waals surface area contributed by atoms with E-state index in [0.29, 0.717) is 5.56 Å². The van der Waals surface area contributed by atoms with Crippen LogP contribution >= 0.6 is 0 Å². The molecule has 0 bridgehead atoms. The van der Waals surface area contributed by atoms with Crippen LogP contribution in [-0.4, -0.2) is 12.1 Å². The van der Waals surface area contributed by atoms with E-state index in [-0.39, 0.29) is 12.1 Å². The van der Waals surface area contributed by atoms with Crippen LogP contribution in [0.1, 0.15) is 33.3 Å². The molecule has 3 heteroatoms. The first-order valence-corrected chi connectivity index (χ1v) is 5.50. The van der Waals surface area contributed by atoms with Crippen LogP contribution in [0.25, 0.3) is 0 Å². The van der Waals surface area contributed by atoms with Gasteiger partial charge in [0.05, 0.1) is 29.5 Å². The molecule has 3 nitrogen and oxygen atoms in total. The van der Waals surface area contributed by atoms with E-state index >= 15 is 0 Å². The van der Waals surface area contributed by atoms with Crippen LogP contribution in [0, 0.1) is 11.3 Å². The Morgan fingerprint density at radius 2 is 1.94 bits per heavy atom. The summed E-state index contributed by atoms with van der Waals surface area (Å²) in [6.07, 6.45) is 0.119. The summed E-state index contributed by atoms with van der Waals surface area (Å²) in [7, 11) is 0. The van der Waals surface area contributed by atoms with E-state index in [1.165, 1.54) is 0 Å². The maximum Gasteiger partial charge on any atom is 0.0992 e. The minimum absolute atomic E-state index is 0.119. The molecule has 0 amide bonds. The molecule has 0 N–H and O–H groups in total. The molecule has 0 radical (unpaired) electrons. The Balaban J connectivity index is 2.97. The predicted octanol–water partition coefficient (Wildman–Crippen LogP) is 3.11. The highest BCUT2D eigenvalue weighted by Gasteiger charge is 2.13. The lowest BCUT2D eigenvalue weighted by Crippen LogP contribution is -2.33. The average Bonchev–Trinajstić information content (AvgIpc) is 2.25. The third-order valence-corrected chi connectivity index (χ3v) is 2.02. The molecule has 1 aromatic rings. The Bertz CT molecular complexity index is 380. The molecule has 0 aliphatic carbocycles. The molecule has 0 unspecified atom stereocenters. The van der Waals surface area contributed by atoms with Gasteiger partial charge in [-0.1, -0.05) is 6.07 Å². The standard InChI is InChI=1S/C13H18N2O/c1-10(2)15(16-11(3)4)13-7-5-6-12(8-13)9-14/h5-8,10-11H,1-4H3. The highest BCUT2D eigenvalue weighted by Crippen LogP contribution is 2.19. The zero-order valence-electron chi connectivity index (χ0n) is 10.3. The Morgan fingerprint density at radius 3 is 2.44 bits per heavy atom. The molecular formula is C13H18N2O. The van der Waals surface area contributed by atoms with E-state index in [9.17, 15) is 0 Å². The van der Waals surface area contributed by atoms with E-state index in [1.807, 2.05) is 37.1 Å². The van der Waals surface area contributed by atoms with Crippen molar-refractivity contribution >= 4 is 5.69 Å². The Hall–Kier alpha value is -1.53. The fourth-order valence-corrected chi connectivity index (χ4v) is 1.42. The van der Waals surface area contributed by atoms with Crippen LogP contribution in [0.3, 0.4) is 0 Å². The lowest BCUT2D eigenvalue weighted by atomic mass is 10.2. The normalized spacial score (nSPS) is 10.6. The summed E-state index contributed by atoms with van der Waals surface area (Å²) in [5.41, 5.74) is 1.57. The molecular weight excluding hydrogens is 200 g/mol. The van der Waals surface area contributed by atoms with Crippen molar-refractivity contribution in [3.8, 4) is 6.07 Å². The summed E-state index contributed by atoms with van der Waals surface area (Å²) in [5.74, 6) is 0. The first-order valence-electron chi connectivity index (χ1n) is 5.50. The second-order valence-electron chi connectivity index (χ2n) is 4.24. The molecule has 16 heavy (non-hydrogen) atoms. The number of benzene rings is 1. The fourth-order valence-electron chi connectivity index (χ4n) is 1.42. The summed E-state index contributed by atoms with van der Waals surface area (Å²) >= 11 is 0. The van der Waals surface area contributed by atoms with Crippen molar-refractivity contribution in [1.82, 2.24) is 0 Å². The molecule has 0 atom stereocenters. The Morgan fingerprint density at radius 1 is 1.25 bits per heavy atom. The zero-order chi connectivity index (χ0) is 12.1. The van der Waals surface area contributed by atoms with Crippen molar-refractivity contribution in [2.45, 2.75) is 39.8 Å². The average molecular weight is 218 g/mol. The number of nitriles is 1. The second kappa shape index (κ2) is 5.53. The van der Waals surface area contributed by atoms with E-state index < -0.39 is 0 Å². The Kier molecular flexibility index (Phi) is 4.33. The highest BCUT2D eigenvalue weighted by atomic mass is 16.7. The van der Waals surface area contributed by atoms with Gasteiger partial charge in [-0.25, -0.2) is 0 Å².